The lowest BCUT2D eigenvalue weighted by molar-refractivity contribution is -0.144. The first-order valence-electron chi connectivity index (χ1n) is 19.6. The summed E-state index contributed by atoms with van der Waals surface area (Å²) < 4.78 is 12.1. The summed E-state index contributed by atoms with van der Waals surface area (Å²) in [5, 5.41) is 22.0. The summed E-state index contributed by atoms with van der Waals surface area (Å²) in [5.41, 5.74) is -0.220. The predicted molar refractivity (Wildman–Crippen MR) is 215 cm³/mol. The van der Waals surface area contributed by atoms with Crippen LogP contribution in [0.25, 0.3) is 22.2 Å². The number of hydrogen-bond donors (Lipinski definition) is 5. The van der Waals surface area contributed by atoms with Gasteiger partial charge in [-0.3, -0.25) is 19.2 Å². The average molecular weight is 780 g/mol. The van der Waals surface area contributed by atoms with E-state index < -0.39 is 64.7 Å². The van der Waals surface area contributed by atoms with Crippen LogP contribution in [0.15, 0.2) is 78.9 Å². The zero-order chi connectivity index (χ0) is 41.1. The number of nitrogens with one attached hydrogen (secondary N) is 4. The zero-order valence-electron chi connectivity index (χ0n) is 33.2. The van der Waals surface area contributed by atoms with Crippen molar-refractivity contribution < 1.29 is 38.6 Å². The minimum Gasteiger partial charge on any atom is -0.497 e. The first kappa shape index (κ1) is 40.9. The summed E-state index contributed by atoms with van der Waals surface area (Å²) in [7, 11) is 3.10. The molecule has 2 saturated carbocycles. The van der Waals surface area contributed by atoms with Crippen molar-refractivity contribution in [3.05, 3.63) is 78.9 Å². The van der Waals surface area contributed by atoms with Gasteiger partial charge in [0, 0.05) is 48.0 Å². The molecular formula is C44H53N5O8. The minimum absolute atomic E-state index is 0.0104. The molecule has 0 bridgehead atoms. The third-order valence-corrected chi connectivity index (χ3v) is 11.5. The van der Waals surface area contributed by atoms with Gasteiger partial charge in [-0.2, -0.15) is 0 Å². The lowest BCUT2D eigenvalue weighted by Gasteiger charge is -2.35. The van der Waals surface area contributed by atoms with Crippen molar-refractivity contribution in [2.24, 2.45) is 23.2 Å². The standard InChI is InChI=1S/C44H53N5O8/c1-7-27-24-44(27,42(54)55)49-39(51)32-21-29(57-35-23-33(25-14-10-8-11-15-25)46-34-22-28(56-6)18-19-30(34)35)20-31(32)38(50)48-37(43(2,3)4)41(53)47-36(40(52)45-5)26-16-12-9-13-17-26/h7-8,10-11,14-15,18-20,22-23,26-27,29,32,36-37H,1,9,12-13,16-17,21,24H2,2-6H3,(H,45,52)(H,47,53)(H,48,50)(H,49,51)(H,54,55)/t27-,29+,32-,36+,37-,44-/m1/s1. The number of carbonyl (C=O) groups is 5. The van der Waals surface area contributed by atoms with Crippen LogP contribution < -0.4 is 30.7 Å². The highest BCUT2D eigenvalue weighted by molar-refractivity contribution is 6.04. The second kappa shape index (κ2) is 16.8. The van der Waals surface area contributed by atoms with E-state index in [2.05, 4.69) is 27.8 Å². The van der Waals surface area contributed by atoms with Crippen molar-refractivity contribution in [3.63, 3.8) is 0 Å². The maximum atomic E-state index is 14.4. The molecule has 3 aliphatic carbocycles. The van der Waals surface area contributed by atoms with Gasteiger partial charge in [-0.05, 0) is 48.8 Å². The van der Waals surface area contributed by atoms with Crippen LogP contribution in [0.2, 0.25) is 0 Å². The molecule has 1 aromatic heterocycles. The molecule has 57 heavy (non-hydrogen) atoms. The van der Waals surface area contributed by atoms with Crippen LogP contribution in [0.3, 0.4) is 0 Å². The number of carboxylic acid groups (broad SMARTS) is 1. The zero-order valence-corrected chi connectivity index (χ0v) is 33.2. The van der Waals surface area contributed by atoms with Crippen molar-refractivity contribution in [3.8, 4) is 22.8 Å². The van der Waals surface area contributed by atoms with Crippen molar-refractivity contribution in [2.45, 2.75) is 89.4 Å². The average Bonchev–Trinajstić information content (AvgIpc) is 3.77. The van der Waals surface area contributed by atoms with Gasteiger partial charge < -0.3 is 35.8 Å². The molecule has 0 spiro atoms. The Labute approximate surface area is 333 Å². The number of aliphatic carboxylic acids is 1. The lowest BCUT2D eigenvalue weighted by Crippen LogP contribution is -2.59. The van der Waals surface area contributed by atoms with E-state index >= 15 is 0 Å². The number of methoxy groups -OCH3 is 1. The molecule has 2 fully saturated rings. The third-order valence-electron chi connectivity index (χ3n) is 11.5. The molecule has 0 aliphatic heterocycles. The molecule has 3 aromatic rings. The van der Waals surface area contributed by atoms with Crippen LogP contribution in [-0.4, -0.2) is 77.6 Å². The normalized spacial score (nSPS) is 23.0. The van der Waals surface area contributed by atoms with E-state index in [9.17, 15) is 29.1 Å². The van der Waals surface area contributed by atoms with E-state index in [4.69, 9.17) is 14.5 Å². The number of aromatic nitrogens is 1. The summed E-state index contributed by atoms with van der Waals surface area (Å²) >= 11 is 0. The molecule has 5 N–H and O–H groups in total. The fourth-order valence-electron chi connectivity index (χ4n) is 8.10. The van der Waals surface area contributed by atoms with E-state index in [1.54, 1.807) is 52.2 Å². The Hall–Kier alpha value is -5.72. The van der Waals surface area contributed by atoms with Crippen LogP contribution in [0.4, 0.5) is 0 Å². The van der Waals surface area contributed by atoms with Crippen molar-refractivity contribution in [2.75, 3.05) is 14.2 Å². The molecule has 6 atom stereocenters. The molecule has 13 heteroatoms. The number of nitrogens with zero attached hydrogens (tertiary/aromatic N) is 1. The number of carbonyl (C=O) groups excluding carboxylic acids is 4. The Kier molecular flexibility index (Phi) is 12.1. The first-order valence-corrected chi connectivity index (χ1v) is 19.6. The van der Waals surface area contributed by atoms with Gasteiger partial charge in [0.1, 0.15) is 35.2 Å². The molecule has 0 unspecified atom stereocenters. The number of pyridine rings is 1. The van der Waals surface area contributed by atoms with Gasteiger partial charge in [0.25, 0.3) is 0 Å². The fraction of sp³-hybridized carbons (Fsp3) is 0.455. The van der Waals surface area contributed by atoms with Gasteiger partial charge in [0.2, 0.25) is 23.6 Å². The number of fused-ring (bicyclic) bond motifs is 1. The highest BCUT2D eigenvalue weighted by Gasteiger charge is 2.61. The SMILES string of the molecule is C=C[C@@H]1C[C@]1(NC(=O)[C@@H]1C[C@@H](Oc2cc(-c3ccccc3)nc3cc(OC)ccc23)C=C1C(=O)N[C@H](C(=O)N[C@H](C(=O)NC)C1CCCCC1)C(C)(C)C)C(=O)O. The molecule has 0 saturated heterocycles. The molecule has 302 valence electrons. The molecule has 2 aromatic carbocycles. The van der Waals surface area contributed by atoms with Crippen LogP contribution in [0.5, 0.6) is 11.5 Å². The van der Waals surface area contributed by atoms with Crippen molar-refractivity contribution in [1.82, 2.24) is 26.3 Å². The molecular weight excluding hydrogens is 727 g/mol. The molecule has 0 radical (unpaired) electrons. The molecule has 6 rings (SSSR count). The van der Waals surface area contributed by atoms with Crippen molar-refractivity contribution >= 4 is 40.5 Å². The van der Waals surface area contributed by atoms with Crippen molar-refractivity contribution in [1.29, 1.82) is 0 Å². The van der Waals surface area contributed by atoms with Crippen LogP contribution >= 0.6 is 0 Å². The summed E-state index contributed by atoms with van der Waals surface area (Å²) in [4.78, 5) is 72.9. The predicted octanol–water partition coefficient (Wildman–Crippen LogP) is 5.09. The van der Waals surface area contributed by atoms with Gasteiger partial charge in [-0.15, -0.1) is 6.58 Å². The maximum Gasteiger partial charge on any atom is 0.330 e. The largest absolute Gasteiger partial charge is 0.497 e. The topological polar surface area (TPSA) is 185 Å². The second-order valence-corrected chi connectivity index (χ2v) is 16.4. The van der Waals surface area contributed by atoms with E-state index in [1.165, 1.54) is 13.1 Å². The Morgan fingerprint density at radius 2 is 1.70 bits per heavy atom. The second-order valence-electron chi connectivity index (χ2n) is 16.4. The molecule has 1 heterocycles. The van der Waals surface area contributed by atoms with Crippen LogP contribution in [0, 0.1) is 23.2 Å². The van der Waals surface area contributed by atoms with Crippen LogP contribution in [-0.2, 0) is 24.0 Å². The quantitative estimate of drug-likeness (QED) is 0.139. The number of likely N-dealkylation sites (N-methyl/N-ethyl adjacent to an activating group) is 1. The number of benzene rings is 2. The van der Waals surface area contributed by atoms with Gasteiger partial charge in [-0.1, -0.05) is 76.4 Å². The summed E-state index contributed by atoms with van der Waals surface area (Å²) in [5.74, 6) is -3.93. The fourth-order valence-corrected chi connectivity index (χ4v) is 8.10. The van der Waals surface area contributed by atoms with Crippen LogP contribution in [0.1, 0.15) is 65.7 Å². The van der Waals surface area contributed by atoms with E-state index in [1.807, 2.05) is 36.4 Å². The summed E-state index contributed by atoms with van der Waals surface area (Å²) in [6.07, 6.45) is 7.03. The van der Waals surface area contributed by atoms with Gasteiger partial charge in [-0.25, -0.2) is 9.78 Å². The summed E-state index contributed by atoms with van der Waals surface area (Å²) in [6.45, 7) is 9.14. The Morgan fingerprint density at radius 3 is 2.32 bits per heavy atom. The maximum absolute atomic E-state index is 14.4. The monoisotopic (exact) mass is 779 g/mol. The van der Waals surface area contributed by atoms with E-state index in [0.717, 1.165) is 37.7 Å². The Morgan fingerprint density at radius 1 is 0.982 bits per heavy atom. The summed E-state index contributed by atoms with van der Waals surface area (Å²) in [6, 6.07) is 14.9. The Balaban J connectivity index is 1.33. The number of amides is 4. The number of ether oxygens (including phenoxy) is 2. The Bertz CT molecular complexity index is 2070. The highest BCUT2D eigenvalue weighted by atomic mass is 16.5. The van der Waals surface area contributed by atoms with Gasteiger partial charge >= 0.3 is 5.97 Å². The van der Waals surface area contributed by atoms with E-state index in [0.29, 0.717) is 28.1 Å². The molecule has 3 aliphatic rings. The smallest absolute Gasteiger partial charge is 0.330 e. The minimum atomic E-state index is -1.54. The first-order chi connectivity index (χ1) is 27.2. The highest BCUT2D eigenvalue weighted by Crippen LogP contribution is 2.45. The molecule has 4 amide bonds. The number of carboxylic acids is 1. The number of rotatable bonds is 14. The lowest BCUT2D eigenvalue weighted by atomic mass is 9.82. The number of hydrogen-bond acceptors (Lipinski definition) is 8. The molecule has 13 nitrogen and oxygen atoms in total. The van der Waals surface area contributed by atoms with Gasteiger partial charge in [0.15, 0.2) is 0 Å². The van der Waals surface area contributed by atoms with E-state index in [-0.39, 0.29) is 30.2 Å². The van der Waals surface area contributed by atoms with Gasteiger partial charge in [0.05, 0.1) is 24.2 Å². The third kappa shape index (κ3) is 8.82.